The number of likely N-dealkylation sites (tertiary alicyclic amines) is 1. The van der Waals surface area contributed by atoms with Gasteiger partial charge in [-0.05, 0) is 38.5 Å². The van der Waals surface area contributed by atoms with E-state index in [0.717, 1.165) is 36.4 Å². The zero-order valence-electron chi connectivity index (χ0n) is 13.2. The van der Waals surface area contributed by atoms with Gasteiger partial charge in [-0.1, -0.05) is 0 Å². The molecule has 2 saturated carbocycles. The van der Waals surface area contributed by atoms with Gasteiger partial charge in [-0.25, -0.2) is 9.78 Å². The molecule has 7 heteroatoms. The zero-order chi connectivity index (χ0) is 16.0. The number of hydrogen-bond donors (Lipinski definition) is 2. The van der Waals surface area contributed by atoms with Crippen LogP contribution in [-0.4, -0.2) is 40.5 Å². The molecular formula is C16H22N4O2S. The first-order valence-corrected chi connectivity index (χ1v) is 9.26. The van der Waals surface area contributed by atoms with E-state index in [-0.39, 0.29) is 24.0 Å². The lowest BCUT2D eigenvalue weighted by molar-refractivity contribution is -0.128. The Morgan fingerprint density at radius 3 is 2.78 bits per heavy atom. The SMILES string of the molecule is Cc1csc([C@@H](NC(=O)N[C@@H]2CC(=O)N(C3CC3)C2)C2CC2)n1. The molecule has 0 radical (unpaired) electrons. The minimum atomic E-state index is -0.176. The minimum absolute atomic E-state index is 0.00494. The topological polar surface area (TPSA) is 74.3 Å². The highest BCUT2D eigenvalue weighted by atomic mass is 32.1. The van der Waals surface area contributed by atoms with Crippen LogP contribution in [-0.2, 0) is 4.79 Å². The lowest BCUT2D eigenvalue weighted by atomic mass is 10.2. The highest BCUT2D eigenvalue weighted by Gasteiger charge is 2.40. The predicted octanol–water partition coefficient (Wildman–Crippen LogP) is 1.97. The maximum absolute atomic E-state index is 12.3. The van der Waals surface area contributed by atoms with Gasteiger partial charge in [-0.3, -0.25) is 4.79 Å². The second-order valence-corrected chi connectivity index (χ2v) is 7.83. The van der Waals surface area contributed by atoms with E-state index in [1.807, 2.05) is 17.2 Å². The van der Waals surface area contributed by atoms with E-state index in [2.05, 4.69) is 15.6 Å². The number of rotatable bonds is 5. The smallest absolute Gasteiger partial charge is 0.315 e. The number of amides is 3. The van der Waals surface area contributed by atoms with Crippen LogP contribution in [0.1, 0.15) is 48.8 Å². The van der Waals surface area contributed by atoms with Crippen molar-refractivity contribution in [3.8, 4) is 0 Å². The summed E-state index contributed by atoms with van der Waals surface area (Å²) in [6.45, 7) is 2.63. The van der Waals surface area contributed by atoms with E-state index in [4.69, 9.17) is 0 Å². The lowest BCUT2D eigenvalue weighted by Crippen LogP contribution is -2.45. The average Bonchev–Trinajstić information content (AvgIpc) is 3.41. The van der Waals surface area contributed by atoms with Crippen LogP contribution in [0.5, 0.6) is 0 Å². The Hall–Kier alpha value is -1.63. The molecule has 3 fully saturated rings. The molecule has 1 aromatic heterocycles. The van der Waals surface area contributed by atoms with Crippen LogP contribution in [0.4, 0.5) is 4.79 Å². The van der Waals surface area contributed by atoms with Crippen molar-refractivity contribution in [2.24, 2.45) is 5.92 Å². The molecular weight excluding hydrogens is 312 g/mol. The van der Waals surface area contributed by atoms with E-state index in [0.29, 0.717) is 24.9 Å². The maximum atomic E-state index is 12.3. The summed E-state index contributed by atoms with van der Waals surface area (Å²) in [5.41, 5.74) is 0.999. The Morgan fingerprint density at radius 2 is 2.17 bits per heavy atom. The number of urea groups is 1. The summed E-state index contributed by atoms with van der Waals surface area (Å²) in [6, 6.07) is 0.186. The zero-order valence-corrected chi connectivity index (χ0v) is 14.1. The number of nitrogens with zero attached hydrogens (tertiary/aromatic N) is 2. The summed E-state index contributed by atoms with van der Waals surface area (Å²) in [5, 5.41) is 9.06. The summed E-state index contributed by atoms with van der Waals surface area (Å²) in [6.07, 6.45) is 4.92. The van der Waals surface area contributed by atoms with Crippen molar-refractivity contribution < 1.29 is 9.59 Å². The summed E-state index contributed by atoms with van der Waals surface area (Å²) >= 11 is 1.61. The highest BCUT2D eigenvalue weighted by Crippen LogP contribution is 2.41. The quantitative estimate of drug-likeness (QED) is 0.864. The van der Waals surface area contributed by atoms with Gasteiger partial charge in [0.1, 0.15) is 5.01 Å². The van der Waals surface area contributed by atoms with Crippen LogP contribution in [0, 0.1) is 12.8 Å². The first kappa shape index (κ1) is 14.9. The molecule has 0 spiro atoms. The van der Waals surface area contributed by atoms with E-state index in [9.17, 15) is 9.59 Å². The van der Waals surface area contributed by atoms with Crippen LogP contribution < -0.4 is 10.6 Å². The number of carbonyl (C=O) groups excluding carboxylic acids is 2. The molecule has 2 N–H and O–H groups in total. The van der Waals surface area contributed by atoms with Gasteiger partial charge in [0.15, 0.2) is 0 Å². The van der Waals surface area contributed by atoms with Crippen LogP contribution in [0.15, 0.2) is 5.38 Å². The number of thiazole rings is 1. The van der Waals surface area contributed by atoms with Gasteiger partial charge in [0.2, 0.25) is 5.91 Å². The van der Waals surface area contributed by atoms with Crippen molar-refractivity contribution in [1.29, 1.82) is 0 Å². The average molecular weight is 334 g/mol. The van der Waals surface area contributed by atoms with Gasteiger partial charge in [-0.15, -0.1) is 11.3 Å². The molecule has 1 saturated heterocycles. The molecule has 2 heterocycles. The van der Waals surface area contributed by atoms with Gasteiger partial charge in [0, 0.05) is 30.1 Å². The molecule has 6 nitrogen and oxygen atoms in total. The first-order chi connectivity index (χ1) is 11.1. The van der Waals surface area contributed by atoms with Crippen molar-refractivity contribution in [3.05, 3.63) is 16.1 Å². The molecule has 1 aliphatic heterocycles. The van der Waals surface area contributed by atoms with Crippen LogP contribution in [0.3, 0.4) is 0 Å². The molecule has 1 aromatic rings. The molecule has 2 atom stereocenters. The molecule has 0 aromatic carbocycles. The normalized spacial score (nSPS) is 25.5. The summed E-state index contributed by atoms with van der Waals surface area (Å²) in [5.74, 6) is 0.673. The number of nitrogens with one attached hydrogen (secondary N) is 2. The molecule has 3 amide bonds. The third-order valence-corrected chi connectivity index (χ3v) is 5.81. The Morgan fingerprint density at radius 1 is 1.39 bits per heavy atom. The third-order valence-electron chi connectivity index (χ3n) is 4.76. The fraction of sp³-hybridized carbons (Fsp3) is 0.688. The van der Waals surface area contributed by atoms with Crippen LogP contribution in [0.2, 0.25) is 0 Å². The minimum Gasteiger partial charge on any atom is -0.338 e. The molecule has 0 bridgehead atoms. The van der Waals surface area contributed by atoms with Gasteiger partial charge < -0.3 is 15.5 Å². The Labute approximate surface area is 139 Å². The molecule has 3 aliphatic rings. The number of carbonyl (C=O) groups is 2. The standard InChI is InChI=1S/C16H22N4O2S/c1-9-8-23-15(17-9)14(10-2-3-10)19-16(22)18-11-6-13(21)20(7-11)12-4-5-12/h8,10-12,14H,2-7H2,1H3,(H2,18,19,22)/t11-,14+/m1/s1. The first-order valence-electron chi connectivity index (χ1n) is 8.38. The monoisotopic (exact) mass is 334 g/mol. The second-order valence-electron chi connectivity index (χ2n) is 6.94. The van der Waals surface area contributed by atoms with Crippen molar-refractivity contribution >= 4 is 23.3 Å². The number of hydrogen-bond acceptors (Lipinski definition) is 4. The second kappa shape index (κ2) is 5.78. The van der Waals surface area contributed by atoms with Gasteiger partial charge in [0.25, 0.3) is 0 Å². The fourth-order valence-corrected chi connectivity index (χ4v) is 4.20. The number of aryl methyl sites for hydroxylation is 1. The lowest BCUT2D eigenvalue weighted by Gasteiger charge is -2.19. The van der Waals surface area contributed by atoms with Crippen molar-refractivity contribution in [2.45, 2.75) is 57.2 Å². The van der Waals surface area contributed by atoms with Gasteiger partial charge >= 0.3 is 6.03 Å². The fourth-order valence-electron chi connectivity index (χ4n) is 3.26. The molecule has 2 aliphatic carbocycles. The number of aromatic nitrogens is 1. The van der Waals surface area contributed by atoms with E-state index < -0.39 is 0 Å². The van der Waals surface area contributed by atoms with E-state index >= 15 is 0 Å². The Bertz CT molecular complexity index is 623. The molecule has 0 unspecified atom stereocenters. The Balaban J connectivity index is 1.34. The summed E-state index contributed by atoms with van der Waals surface area (Å²) in [4.78, 5) is 30.8. The molecule has 23 heavy (non-hydrogen) atoms. The van der Waals surface area contributed by atoms with Crippen LogP contribution in [0.25, 0.3) is 0 Å². The van der Waals surface area contributed by atoms with E-state index in [1.54, 1.807) is 11.3 Å². The molecule has 4 rings (SSSR count). The van der Waals surface area contributed by atoms with E-state index in [1.165, 1.54) is 0 Å². The van der Waals surface area contributed by atoms with Crippen molar-refractivity contribution in [1.82, 2.24) is 20.5 Å². The van der Waals surface area contributed by atoms with Gasteiger partial charge in [-0.2, -0.15) is 0 Å². The Kier molecular flexibility index (Phi) is 3.75. The summed E-state index contributed by atoms with van der Waals surface area (Å²) < 4.78 is 0. The summed E-state index contributed by atoms with van der Waals surface area (Å²) in [7, 11) is 0. The maximum Gasteiger partial charge on any atom is 0.315 e. The van der Waals surface area contributed by atoms with Crippen LogP contribution >= 0.6 is 11.3 Å². The highest BCUT2D eigenvalue weighted by molar-refractivity contribution is 7.09. The molecule has 124 valence electrons. The van der Waals surface area contributed by atoms with Gasteiger partial charge in [0.05, 0.1) is 12.1 Å². The third kappa shape index (κ3) is 3.34. The van der Waals surface area contributed by atoms with Crippen molar-refractivity contribution in [2.75, 3.05) is 6.54 Å². The predicted molar refractivity (Wildman–Crippen MR) is 87.1 cm³/mol. The van der Waals surface area contributed by atoms with Crippen molar-refractivity contribution in [3.63, 3.8) is 0 Å². The largest absolute Gasteiger partial charge is 0.338 e.